The van der Waals surface area contributed by atoms with Gasteiger partial charge >= 0.3 is 0 Å². The summed E-state index contributed by atoms with van der Waals surface area (Å²) in [5, 5.41) is 8.23. The van der Waals surface area contributed by atoms with Gasteiger partial charge in [-0.2, -0.15) is 0 Å². The molecule has 0 spiro atoms. The first-order valence-corrected chi connectivity index (χ1v) is 22.0. The van der Waals surface area contributed by atoms with Crippen LogP contribution in [0.1, 0.15) is 39.5 Å². The van der Waals surface area contributed by atoms with Crippen molar-refractivity contribution in [3.05, 3.63) is 246 Å². The van der Waals surface area contributed by atoms with Crippen LogP contribution in [0.2, 0.25) is 0 Å². The molecular formula is C61H38O2. The van der Waals surface area contributed by atoms with E-state index in [1.54, 1.807) is 0 Å². The number of fused-ring (bicyclic) bond motifs is 15. The molecule has 0 N–H and O–H groups in total. The fourth-order valence-corrected chi connectivity index (χ4v) is 11.4. The molecule has 3 aliphatic carbocycles. The zero-order valence-corrected chi connectivity index (χ0v) is 34.3. The molecular weight excluding hydrogens is 765 g/mol. The van der Waals surface area contributed by atoms with Crippen molar-refractivity contribution < 1.29 is 8.83 Å². The van der Waals surface area contributed by atoms with Gasteiger partial charge in [-0.25, -0.2) is 0 Å². The highest BCUT2D eigenvalue weighted by Gasteiger charge is 2.47. The summed E-state index contributed by atoms with van der Waals surface area (Å²) in [7, 11) is 0. The van der Waals surface area contributed by atoms with Gasteiger partial charge < -0.3 is 8.83 Å². The van der Waals surface area contributed by atoms with Crippen molar-refractivity contribution >= 4 is 60.5 Å². The highest BCUT2D eigenvalue weighted by molar-refractivity contribution is 6.15. The summed E-state index contributed by atoms with van der Waals surface area (Å²) in [6.07, 6.45) is 13.4. The third kappa shape index (κ3) is 4.89. The van der Waals surface area contributed by atoms with E-state index in [4.69, 9.17) is 8.83 Å². The number of rotatable bonds is 4. The number of hydrogen-bond acceptors (Lipinski definition) is 2. The van der Waals surface area contributed by atoms with Crippen molar-refractivity contribution in [1.82, 2.24) is 0 Å². The Morgan fingerprint density at radius 2 is 1.02 bits per heavy atom. The second-order valence-corrected chi connectivity index (χ2v) is 17.5. The van der Waals surface area contributed by atoms with Crippen molar-refractivity contribution in [2.24, 2.45) is 5.92 Å². The van der Waals surface area contributed by atoms with Crippen LogP contribution < -0.4 is 0 Å². The Bertz CT molecular complexity index is 3760. The maximum atomic E-state index is 6.74. The molecule has 3 aliphatic rings. The average Bonchev–Trinajstić information content (AvgIpc) is 4.02. The first-order valence-electron chi connectivity index (χ1n) is 22.0. The van der Waals surface area contributed by atoms with Crippen molar-refractivity contribution in [3.8, 4) is 33.4 Å². The summed E-state index contributed by atoms with van der Waals surface area (Å²) >= 11 is 0. The van der Waals surface area contributed by atoms with E-state index in [-0.39, 0.29) is 5.92 Å². The van der Waals surface area contributed by atoms with Gasteiger partial charge in [0.1, 0.15) is 22.5 Å². The number of benzene rings is 9. The van der Waals surface area contributed by atoms with E-state index in [9.17, 15) is 0 Å². The predicted octanol–water partition coefficient (Wildman–Crippen LogP) is 16.2. The Morgan fingerprint density at radius 3 is 1.84 bits per heavy atom. The minimum atomic E-state index is -0.599. The molecule has 294 valence electrons. The lowest BCUT2D eigenvalue weighted by atomic mass is 9.66. The van der Waals surface area contributed by atoms with Crippen molar-refractivity contribution in [2.45, 2.75) is 11.3 Å². The number of hydrogen-bond donors (Lipinski definition) is 0. The third-order valence-corrected chi connectivity index (χ3v) is 14.3. The van der Waals surface area contributed by atoms with Gasteiger partial charge in [0, 0.05) is 38.9 Å². The normalized spacial score (nSPS) is 16.8. The van der Waals surface area contributed by atoms with E-state index in [2.05, 4.69) is 218 Å². The van der Waals surface area contributed by atoms with Crippen LogP contribution in [0.3, 0.4) is 0 Å². The number of allylic oxidation sites excluding steroid dienone is 5. The SMILES string of the molecule is C1=CC2C=Cc3c(oc4cc(-c5ccc6ccc7c(c6c5)C(c5ccccc5)(c5ccccc5)c5cc(-c6ccc8c(c6)oc6c9ccccc9ccc86)ccc5-7)ccc34)C2C=C1. The van der Waals surface area contributed by atoms with Gasteiger partial charge in [0.05, 0.1) is 5.41 Å². The molecule has 0 saturated heterocycles. The van der Waals surface area contributed by atoms with E-state index in [0.29, 0.717) is 5.92 Å². The lowest BCUT2D eigenvalue weighted by Crippen LogP contribution is -2.28. The summed E-state index contributed by atoms with van der Waals surface area (Å²) in [5.41, 5.74) is 15.6. The van der Waals surface area contributed by atoms with E-state index in [0.717, 1.165) is 55.4 Å². The summed E-state index contributed by atoms with van der Waals surface area (Å²) in [5.74, 6) is 1.63. The van der Waals surface area contributed by atoms with Gasteiger partial charge in [-0.15, -0.1) is 0 Å². The van der Waals surface area contributed by atoms with Crippen LogP contribution in [0.15, 0.2) is 221 Å². The molecule has 0 amide bonds. The Morgan fingerprint density at radius 1 is 0.413 bits per heavy atom. The Labute approximate surface area is 364 Å². The van der Waals surface area contributed by atoms with Crippen LogP contribution in [-0.2, 0) is 5.41 Å². The van der Waals surface area contributed by atoms with Crippen LogP contribution in [0, 0.1) is 5.92 Å². The smallest absolute Gasteiger partial charge is 0.143 e. The van der Waals surface area contributed by atoms with Crippen LogP contribution in [-0.4, -0.2) is 0 Å². The molecule has 2 aromatic heterocycles. The Hall–Kier alpha value is -7.94. The van der Waals surface area contributed by atoms with Gasteiger partial charge in [0.25, 0.3) is 0 Å². The van der Waals surface area contributed by atoms with Gasteiger partial charge in [0.2, 0.25) is 0 Å². The molecule has 0 saturated carbocycles. The van der Waals surface area contributed by atoms with Crippen LogP contribution in [0.25, 0.3) is 93.9 Å². The number of furan rings is 2. The lowest BCUT2D eigenvalue weighted by molar-refractivity contribution is 0.492. The standard InChI is InChI=1S/C61H38O2/c1-3-13-44(14-4-1)61(45-15-5-2-6-16-45)55-34-41(43-26-29-50-53-32-23-38-12-8-10-18-47(38)60(53)63-57(50)36-43)24-27-48(55)51-30-21-39-19-20-40(33-54(39)58(51)61)42-25-28-49-52-31-22-37-11-7-9-17-46(37)59(52)62-56(49)35-42/h1-37,46H. The maximum absolute atomic E-state index is 6.74. The van der Waals surface area contributed by atoms with Crippen LogP contribution in [0.4, 0.5) is 0 Å². The minimum absolute atomic E-state index is 0.231. The van der Waals surface area contributed by atoms with E-state index in [1.165, 1.54) is 66.1 Å². The van der Waals surface area contributed by atoms with Gasteiger partial charge in [-0.1, -0.05) is 176 Å². The highest BCUT2D eigenvalue weighted by Crippen LogP contribution is 2.59. The first-order chi connectivity index (χ1) is 31.2. The molecule has 2 atom stereocenters. The summed E-state index contributed by atoms with van der Waals surface area (Å²) in [4.78, 5) is 0. The second kappa shape index (κ2) is 13.0. The minimum Gasteiger partial charge on any atom is -0.460 e. The molecule has 14 rings (SSSR count). The zero-order chi connectivity index (χ0) is 41.2. The average molecular weight is 803 g/mol. The second-order valence-electron chi connectivity index (χ2n) is 17.5. The molecule has 63 heavy (non-hydrogen) atoms. The molecule has 0 fully saturated rings. The lowest BCUT2D eigenvalue weighted by Gasteiger charge is -2.35. The molecule has 2 heterocycles. The highest BCUT2D eigenvalue weighted by atomic mass is 16.3. The fourth-order valence-electron chi connectivity index (χ4n) is 11.4. The molecule has 11 aromatic rings. The molecule has 0 bridgehead atoms. The first kappa shape index (κ1) is 34.7. The fraction of sp³-hybridized carbons (Fsp3) is 0.0492. The Kier molecular flexibility index (Phi) is 7.19. The van der Waals surface area contributed by atoms with E-state index >= 15 is 0 Å². The predicted molar refractivity (Wildman–Crippen MR) is 260 cm³/mol. The monoisotopic (exact) mass is 802 g/mol. The molecule has 9 aromatic carbocycles. The van der Waals surface area contributed by atoms with Crippen LogP contribution in [0.5, 0.6) is 0 Å². The molecule has 2 heteroatoms. The van der Waals surface area contributed by atoms with E-state index in [1.807, 2.05) is 0 Å². The topological polar surface area (TPSA) is 26.3 Å². The molecule has 0 radical (unpaired) electrons. The summed E-state index contributed by atoms with van der Waals surface area (Å²) < 4.78 is 13.4. The van der Waals surface area contributed by atoms with Gasteiger partial charge in [-0.3, -0.25) is 0 Å². The Balaban J connectivity index is 0.974. The quantitative estimate of drug-likeness (QED) is 0.177. The maximum Gasteiger partial charge on any atom is 0.143 e. The third-order valence-electron chi connectivity index (χ3n) is 14.3. The summed E-state index contributed by atoms with van der Waals surface area (Å²) in [6.45, 7) is 0. The zero-order valence-electron chi connectivity index (χ0n) is 34.3. The van der Waals surface area contributed by atoms with Crippen molar-refractivity contribution in [3.63, 3.8) is 0 Å². The van der Waals surface area contributed by atoms with Crippen molar-refractivity contribution in [2.75, 3.05) is 0 Å². The molecule has 2 nitrogen and oxygen atoms in total. The van der Waals surface area contributed by atoms with Crippen molar-refractivity contribution in [1.29, 1.82) is 0 Å². The largest absolute Gasteiger partial charge is 0.460 e. The van der Waals surface area contributed by atoms with Gasteiger partial charge in [0.15, 0.2) is 0 Å². The molecule has 0 aliphatic heterocycles. The van der Waals surface area contributed by atoms with Crippen LogP contribution >= 0.6 is 0 Å². The van der Waals surface area contributed by atoms with E-state index < -0.39 is 5.41 Å². The molecule has 2 unspecified atom stereocenters. The van der Waals surface area contributed by atoms with Gasteiger partial charge in [-0.05, 0) is 114 Å². The summed E-state index contributed by atoms with van der Waals surface area (Å²) in [6, 6.07) is 67.4.